The van der Waals surface area contributed by atoms with Gasteiger partial charge in [-0.25, -0.2) is 4.98 Å². The molecule has 10 heteroatoms. The van der Waals surface area contributed by atoms with Crippen molar-refractivity contribution in [2.24, 2.45) is 5.73 Å². The number of carbonyl (C=O) groups excluding carboxylic acids is 2. The number of rotatable bonds is 9. The van der Waals surface area contributed by atoms with Gasteiger partial charge in [0, 0.05) is 44.1 Å². The molecule has 2 heterocycles. The maximum absolute atomic E-state index is 12.6. The van der Waals surface area contributed by atoms with E-state index in [1.165, 1.54) is 24.4 Å². The molecule has 1 saturated heterocycles. The van der Waals surface area contributed by atoms with Gasteiger partial charge >= 0.3 is 0 Å². The number of amidine groups is 1. The normalized spacial score (nSPS) is 13.8. The number of aromatic nitrogens is 1. The third-order valence-electron chi connectivity index (χ3n) is 4.74. The Balaban J connectivity index is 1.80. The van der Waals surface area contributed by atoms with Crippen molar-refractivity contribution in [1.29, 1.82) is 5.41 Å². The minimum Gasteiger partial charge on any atom is -0.488 e. The Hall–Kier alpha value is -3.92. The molecule has 0 radical (unpaired) electrons. The lowest BCUT2D eigenvalue weighted by atomic mass is 10.1. The first-order chi connectivity index (χ1) is 15.9. The van der Waals surface area contributed by atoms with Crippen LogP contribution in [0.3, 0.4) is 0 Å². The van der Waals surface area contributed by atoms with Crippen molar-refractivity contribution >= 4 is 17.6 Å². The standard InChI is InChI=1S/C23H27N5O5/c1-15(14-31-2)32-18-10-17(22(29)27-20(25)6-7-24)11-19(12-18)33-21-5-4-16(13-26-21)23(30)28-8-3-9-28/h4-7,10-13,15H,3,8-9,14,24H2,1-2H3,(H2,25,27,29)/b7-6-/t15-/m0/s1. The maximum atomic E-state index is 12.6. The SMILES string of the molecule is COC[C@H](C)Oc1cc(Oc2ccc(C(=O)N3CCC3)cn2)cc(C(=O)NC(=N)/C=C\N)c1. The van der Waals surface area contributed by atoms with Gasteiger partial charge in [0.25, 0.3) is 11.8 Å². The first-order valence-electron chi connectivity index (χ1n) is 10.4. The minimum atomic E-state index is -0.531. The molecule has 0 bridgehead atoms. The van der Waals surface area contributed by atoms with Crippen molar-refractivity contribution in [3.63, 3.8) is 0 Å². The maximum Gasteiger partial charge on any atom is 0.257 e. The summed E-state index contributed by atoms with van der Waals surface area (Å²) in [6, 6.07) is 7.90. The van der Waals surface area contributed by atoms with Crippen LogP contribution in [-0.4, -0.2) is 60.4 Å². The Bertz CT molecular complexity index is 1030. The van der Waals surface area contributed by atoms with Gasteiger partial charge in [0.1, 0.15) is 23.4 Å². The molecule has 0 saturated carbocycles. The van der Waals surface area contributed by atoms with Crippen LogP contribution in [0.25, 0.3) is 0 Å². The molecular weight excluding hydrogens is 426 g/mol. The largest absolute Gasteiger partial charge is 0.488 e. The molecule has 0 aliphatic carbocycles. The lowest BCUT2D eigenvalue weighted by molar-refractivity contribution is 0.0651. The van der Waals surface area contributed by atoms with Crippen LogP contribution in [0.15, 0.2) is 48.8 Å². The van der Waals surface area contributed by atoms with Gasteiger partial charge in [0.15, 0.2) is 0 Å². The first kappa shape index (κ1) is 23.7. The van der Waals surface area contributed by atoms with Gasteiger partial charge in [-0.3, -0.25) is 15.0 Å². The second kappa shape index (κ2) is 11.1. The van der Waals surface area contributed by atoms with E-state index in [1.807, 2.05) is 6.92 Å². The van der Waals surface area contributed by atoms with E-state index in [2.05, 4.69) is 10.3 Å². The zero-order valence-corrected chi connectivity index (χ0v) is 18.5. The summed E-state index contributed by atoms with van der Waals surface area (Å²) in [5.41, 5.74) is 5.96. The summed E-state index contributed by atoms with van der Waals surface area (Å²) in [7, 11) is 1.57. The monoisotopic (exact) mass is 453 g/mol. The zero-order valence-electron chi connectivity index (χ0n) is 18.5. The van der Waals surface area contributed by atoms with Gasteiger partial charge < -0.3 is 30.2 Å². The zero-order chi connectivity index (χ0) is 23.8. The average Bonchev–Trinajstić information content (AvgIpc) is 2.73. The van der Waals surface area contributed by atoms with E-state index in [0.29, 0.717) is 23.7 Å². The van der Waals surface area contributed by atoms with Gasteiger partial charge in [0.05, 0.1) is 12.2 Å². The molecule has 1 aliphatic rings. The van der Waals surface area contributed by atoms with Gasteiger partial charge in [-0.1, -0.05) is 0 Å². The Kier molecular flexibility index (Phi) is 7.98. The smallest absolute Gasteiger partial charge is 0.257 e. The summed E-state index contributed by atoms with van der Waals surface area (Å²) in [6.45, 7) is 3.70. The van der Waals surface area contributed by atoms with E-state index >= 15 is 0 Å². The molecule has 1 aliphatic heterocycles. The molecule has 4 N–H and O–H groups in total. The van der Waals surface area contributed by atoms with E-state index in [4.69, 9.17) is 25.4 Å². The number of likely N-dealkylation sites (tertiary alicyclic amines) is 1. The van der Waals surface area contributed by atoms with Crippen molar-refractivity contribution in [2.45, 2.75) is 19.4 Å². The number of hydrogen-bond donors (Lipinski definition) is 3. The number of nitrogens with two attached hydrogens (primary N) is 1. The first-order valence-corrected chi connectivity index (χ1v) is 10.4. The number of ether oxygens (including phenoxy) is 3. The number of benzene rings is 1. The van der Waals surface area contributed by atoms with Crippen LogP contribution in [0.1, 0.15) is 34.1 Å². The summed E-state index contributed by atoms with van der Waals surface area (Å²) in [4.78, 5) is 30.9. The highest BCUT2D eigenvalue weighted by Crippen LogP contribution is 2.28. The summed E-state index contributed by atoms with van der Waals surface area (Å²) in [5, 5.41) is 10.1. The molecule has 1 atom stereocenters. The predicted octanol–water partition coefficient (Wildman–Crippen LogP) is 2.31. The molecule has 1 aromatic carbocycles. The molecular formula is C23H27N5O5. The fraction of sp³-hybridized carbons (Fsp3) is 0.304. The van der Waals surface area contributed by atoms with E-state index in [0.717, 1.165) is 25.7 Å². The number of carbonyl (C=O) groups is 2. The summed E-state index contributed by atoms with van der Waals surface area (Å²) in [5.74, 6) is 0.188. The molecule has 1 fully saturated rings. The Labute approximate surface area is 191 Å². The third kappa shape index (κ3) is 6.53. The third-order valence-corrected chi connectivity index (χ3v) is 4.74. The Morgan fingerprint density at radius 1 is 1.24 bits per heavy atom. The second-order valence-electron chi connectivity index (χ2n) is 7.44. The minimum absolute atomic E-state index is 0.0595. The molecule has 2 amide bonds. The van der Waals surface area contributed by atoms with Gasteiger partial charge in [-0.15, -0.1) is 0 Å². The summed E-state index contributed by atoms with van der Waals surface area (Å²) < 4.78 is 16.7. The van der Waals surface area contributed by atoms with E-state index < -0.39 is 5.91 Å². The number of pyridine rings is 1. The lowest BCUT2D eigenvalue weighted by Crippen LogP contribution is -2.42. The number of hydrogen-bond acceptors (Lipinski definition) is 8. The van der Waals surface area contributed by atoms with E-state index in [1.54, 1.807) is 30.2 Å². The highest BCUT2D eigenvalue weighted by molar-refractivity contribution is 6.09. The van der Waals surface area contributed by atoms with Crippen LogP contribution >= 0.6 is 0 Å². The van der Waals surface area contributed by atoms with Crippen LogP contribution in [0.4, 0.5) is 0 Å². The van der Waals surface area contributed by atoms with Crippen LogP contribution in [0.5, 0.6) is 17.4 Å². The summed E-state index contributed by atoms with van der Waals surface area (Å²) >= 11 is 0. The molecule has 33 heavy (non-hydrogen) atoms. The number of amides is 2. The quantitative estimate of drug-likeness (QED) is 0.391. The van der Waals surface area contributed by atoms with Crippen molar-refractivity contribution in [1.82, 2.24) is 15.2 Å². The van der Waals surface area contributed by atoms with Crippen molar-refractivity contribution in [3.8, 4) is 17.4 Å². The molecule has 174 valence electrons. The van der Waals surface area contributed by atoms with Crippen LogP contribution < -0.4 is 20.5 Å². The van der Waals surface area contributed by atoms with E-state index in [9.17, 15) is 9.59 Å². The number of methoxy groups -OCH3 is 1. The molecule has 2 aromatic rings. The van der Waals surface area contributed by atoms with Crippen molar-refractivity contribution < 1.29 is 23.8 Å². The molecule has 3 rings (SSSR count). The van der Waals surface area contributed by atoms with Crippen molar-refractivity contribution in [3.05, 3.63) is 59.9 Å². The fourth-order valence-electron chi connectivity index (χ4n) is 3.05. The fourth-order valence-corrected chi connectivity index (χ4v) is 3.05. The van der Waals surface area contributed by atoms with Crippen LogP contribution in [0, 0.1) is 5.41 Å². The second-order valence-corrected chi connectivity index (χ2v) is 7.44. The molecule has 0 spiro atoms. The Morgan fingerprint density at radius 3 is 2.61 bits per heavy atom. The number of nitrogens with zero attached hydrogens (tertiary/aromatic N) is 2. The highest BCUT2D eigenvalue weighted by atomic mass is 16.5. The van der Waals surface area contributed by atoms with Crippen LogP contribution in [0.2, 0.25) is 0 Å². The van der Waals surface area contributed by atoms with E-state index in [-0.39, 0.29) is 29.3 Å². The number of nitrogens with one attached hydrogen (secondary N) is 2. The van der Waals surface area contributed by atoms with Gasteiger partial charge in [0.2, 0.25) is 5.88 Å². The van der Waals surface area contributed by atoms with Crippen LogP contribution in [-0.2, 0) is 4.74 Å². The highest BCUT2D eigenvalue weighted by Gasteiger charge is 2.22. The Morgan fingerprint density at radius 2 is 2.00 bits per heavy atom. The van der Waals surface area contributed by atoms with Gasteiger partial charge in [-0.2, -0.15) is 0 Å². The molecule has 10 nitrogen and oxygen atoms in total. The summed E-state index contributed by atoms with van der Waals surface area (Å²) in [6.07, 6.45) is 4.61. The van der Waals surface area contributed by atoms with Gasteiger partial charge in [-0.05, 0) is 43.8 Å². The topological polar surface area (TPSA) is 140 Å². The van der Waals surface area contributed by atoms with Crippen molar-refractivity contribution in [2.75, 3.05) is 26.8 Å². The predicted molar refractivity (Wildman–Crippen MR) is 122 cm³/mol. The average molecular weight is 453 g/mol. The molecule has 1 aromatic heterocycles. The lowest BCUT2D eigenvalue weighted by Gasteiger charge is -2.30. The molecule has 0 unspecified atom stereocenters.